The summed E-state index contributed by atoms with van der Waals surface area (Å²) in [4.78, 5) is 7.08. The molecule has 1 aromatic rings. The Morgan fingerprint density at radius 1 is 1.40 bits per heavy atom. The third-order valence-electron chi connectivity index (χ3n) is 3.40. The molecule has 0 amide bonds. The molecule has 15 heavy (non-hydrogen) atoms. The number of aromatic nitrogens is 1. The van der Waals surface area contributed by atoms with E-state index < -0.39 is 0 Å². The molecule has 2 heteroatoms. The molecule has 82 valence electrons. The Hall–Kier alpha value is -1.05. The second-order valence-electron chi connectivity index (χ2n) is 4.87. The summed E-state index contributed by atoms with van der Waals surface area (Å²) in [6.45, 7) is 6.66. The average molecular weight is 204 g/mol. The van der Waals surface area contributed by atoms with Gasteiger partial charge in [0, 0.05) is 18.8 Å². The van der Waals surface area contributed by atoms with Crippen LogP contribution in [0.2, 0.25) is 0 Å². The highest BCUT2D eigenvalue weighted by Gasteiger charge is 2.21. The third-order valence-corrected chi connectivity index (χ3v) is 3.40. The summed E-state index contributed by atoms with van der Waals surface area (Å²) in [6.07, 6.45) is 2.42. The Kier molecular flexibility index (Phi) is 2.68. The first-order valence-corrected chi connectivity index (χ1v) is 5.82. The van der Waals surface area contributed by atoms with Crippen LogP contribution in [0.4, 0.5) is 5.82 Å². The highest BCUT2D eigenvalue weighted by molar-refractivity contribution is 5.50. The van der Waals surface area contributed by atoms with Gasteiger partial charge in [0.2, 0.25) is 0 Å². The predicted octanol–water partition coefficient (Wildman–Crippen LogP) is 2.98. The van der Waals surface area contributed by atoms with E-state index in [2.05, 4.69) is 44.9 Å². The van der Waals surface area contributed by atoms with E-state index in [1.54, 1.807) is 0 Å². The normalized spacial score (nSPS) is 20.6. The van der Waals surface area contributed by atoms with Gasteiger partial charge >= 0.3 is 0 Å². The molecule has 1 atom stereocenters. The molecule has 0 N–H and O–H groups in total. The van der Waals surface area contributed by atoms with Crippen LogP contribution in [0.3, 0.4) is 0 Å². The van der Waals surface area contributed by atoms with E-state index in [-0.39, 0.29) is 0 Å². The molecule has 0 spiro atoms. The van der Waals surface area contributed by atoms with Gasteiger partial charge in [-0.1, -0.05) is 19.9 Å². The zero-order chi connectivity index (χ0) is 11.0. The Morgan fingerprint density at radius 3 is 2.80 bits per heavy atom. The van der Waals surface area contributed by atoms with Gasteiger partial charge in [-0.2, -0.15) is 0 Å². The molecule has 0 radical (unpaired) electrons. The number of hydrogen-bond acceptors (Lipinski definition) is 2. The smallest absolute Gasteiger partial charge is 0.132 e. The number of nitrogens with zero attached hydrogens (tertiary/aromatic N) is 2. The van der Waals surface area contributed by atoms with Gasteiger partial charge in [0.05, 0.1) is 0 Å². The Balaban J connectivity index is 2.41. The Morgan fingerprint density at radius 2 is 2.13 bits per heavy atom. The van der Waals surface area contributed by atoms with Crippen molar-refractivity contribution in [3.8, 4) is 0 Å². The van der Waals surface area contributed by atoms with Crippen LogP contribution in [0, 0.1) is 0 Å². The number of aryl methyl sites for hydroxylation is 1. The first-order valence-electron chi connectivity index (χ1n) is 5.82. The average Bonchev–Trinajstić information content (AvgIpc) is 2.23. The number of pyridine rings is 1. The van der Waals surface area contributed by atoms with Crippen molar-refractivity contribution in [3.05, 3.63) is 23.4 Å². The van der Waals surface area contributed by atoms with Crippen molar-refractivity contribution in [2.75, 3.05) is 11.9 Å². The zero-order valence-electron chi connectivity index (χ0n) is 10.1. The molecule has 2 rings (SSSR count). The molecule has 1 aromatic heterocycles. The fourth-order valence-corrected chi connectivity index (χ4v) is 2.08. The molecule has 0 aliphatic carbocycles. The van der Waals surface area contributed by atoms with E-state index in [1.165, 1.54) is 29.9 Å². The molecule has 1 unspecified atom stereocenters. The summed E-state index contributed by atoms with van der Waals surface area (Å²) < 4.78 is 0. The third kappa shape index (κ3) is 1.85. The molecule has 0 saturated heterocycles. The van der Waals surface area contributed by atoms with E-state index in [0.29, 0.717) is 12.0 Å². The number of hydrogen-bond donors (Lipinski definition) is 0. The van der Waals surface area contributed by atoms with Gasteiger partial charge in [-0.05, 0) is 37.3 Å². The van der Waals surface area contributed by atoms with Crippen molar-refractivity contribution in [1.29, 1.82) is 0 Å². The van der Waals surface area contributed by atoms with Gasteiger partial charge in [-0.3, -0.25) is 0 Å². The van der Waals surface area contributed by atoms with Crippen LogP contribution in [-0.2, 0) is 6.42 Å². The minimum atomic E-state index is 0.515. The van der Waals surface area contributed by atoms with Crippen LogP contribution >= 0.6 is 0 Å². The van der Waals surface area contributed by atoms with E-state index in [0.717, 1.165) is 0 Å². The quantitative estimate of drug-likeness (QED) is 0.699. The van der Waals surface area contributed by atoms with Crippen molar-refractivity contribution in [3.63, 3.8) is 0 Å². The maximum atomic E-state index is 4.77. The molecule has 0 saturated carbocycles. The van der Waals surface area contributed by atoms with Gasteiger partial charge in [0.25, 0.3) is 0 Å². The molecule has 0 aromatic carbocycles. The summed E-state index contributed by atoms with van der Waals surface area (Å²) in [7, 11) is 2.15. The van der Waals surface area contributed by atoms with Crippen LogP contribution in [0.5, 0.6) is 0 Å². The second-order valence-corrected chi connectivity index (χ2v) is 4.87. The van der Waals surface area contributed by atoms with E-state index in [1.807, 2.05) is 0 Å². The fraction of sp³-hybridized carbons (Fsp3) is 0.615. The van der Waals surface area contributed by atoms with Crippen molar-refractivity contribution < 1.29 is 0 Å². The lowest BCUT2D eigenvalue weighted by Gasteiger charge is -2.33. The lowest BCUT2D eigenvalue weighted by molar-refractivity contribution is 0.587. The molecule has 0 bridgehead atoms. The molecule has 0 fully saturated rings. The Labute approximate surface area is 92.3 Å². The van der Waals surface area contributed by atoms with Crippen molar-refractivity contribution in [2.45, 2.75) is 45.6 Å². The molecule has 2 nitrogen and oxygen atoms in total. The minimum Gasteiger partial charge on any atom is -0.357 e. The summed E-state index contributed by atoms with van der Waals surface area (Å²) in [5, 5.41) is 0. The fourth-order valence-electron chi connectivity index (χ4n) is 2.08. The highest BCUT2D eigenvalue weighted by atomic mass is 15.2. The monoisotopic (exact) mass is 204 g/mol. The maximum Gasteiger partial charge on any atom is 0.132 e. The van der Waals surface area contributed by atoms with Crippen LogP contribution in [0.25, 0.3) is 0 Å². The standard InChI is InChI=1S/C13H20N2/c1-9(2)12-8-7-11-6-5-10(3)15(4)13(11)14-12/h7-10H,5-6H2,1-4H3. The highest BCUT2D eigenvalue weighted by Crippen LogP contribution is 2.28. The van der Waals surface area contributed by atoms with Crippen LogP contribution in [0.1, 0.15) is 44.4 Å². The summed E-state index contributed by atoms with van der Waals surface area (Å²) in [6, 6.07) is 5.04. The van der Waals surface area contributed by atoms with E-state index >= 15 is 0 Å². The first kappa shape index (κ1) is 10.5. The Bertz CT molecular complexity index is 358. The molecule has 2 heterocycles. The minimum absolute atomic E-state index is 0.515. The lowest BCUT2D eigenvalue weighted by atomic mass is 9.99. The predicted molar refractivity (Wildman–Crippen MR) is 64.5 cm³/mol. The van der Waals surface area contributed by atoms with Crippen LogP contribution in [-0.4, -0.2) is 18.1 Å². The van der Waals surface area contributed by atoms with Gasteiger partial charge in [0.1, 0.15) is 5.82 Å². The number of rotatable bonds is 1. The zero-order valence-corrected chi connectivity index (χ0v) is 10.1. The van der Waals surface area contributed by atoms with Crippen LogP contribution < -0.4 is 4.90 Å². The van der Waals surface area contributed by atoms with Gasteiger partial charge < -0.3 is 4.90 Å². The summed E-state index contributed by atoms with van der Waals surface area (Å²) >= 11 is 0. The largest absolute Gasteiger partial charge is 0.357 e. The summed E-state index contributed by atoms with van der Waals surface area (Å²) in [5.74, 6) is 1.71. The van der Waals surface area contributed by atoms with Crippen molar-refractivity contribution >= 4 is 5.82 Å². The second kappa shape index (κ2) is 3.84. The van der Waals surface area contributed by atoms with Gasteiger partial charge in [-0.15, -0.1) is 0 Å². The summed E-state index contributed by atoms with van der Waals surface area (Å²) in [5.41, 5.74) is 2.61. The molecular weight excluding hydrogens is 184 g/mol. The topological polar surface area (TPSA) is 16.1 Å². The van der Waals surface area contributed by atoms with Crippen molar-refractivity contribution in [2.24, 2.45) is 0 Å². The lowest BCUT2D eigenvalue weighted by Crippen LogP contribution is -2.34. The first-order chi connectivity index (χ1) is 7.09. The SMILES string of the molecule is CC(C)c1ccc2c(n1)N(C)C(C)CC2. The molecule has 1 aliphatic rings. The maximum absolute atomic E-state index is 4.77. The van der Waals surface area contributed by atoms with E-state index in [9.17, 15) is 0 Å². The van der Waals surface area contributed by atoms with Gasteiger partial charge in [0.15, 0.2) is 0 Å². The number of fused-ring (bicyclic) bond motifs is 1. The van der Waals surface area contributed by atoms with Gasteiger partial charge in [-0.25, -0.2) is 4.98 Å². The number of anilines is 1. The van der Waals surface area contributed by atoms with Crippen LogP contribution in [0.15, 0.2) is 12.1 Å². The molecule has 1 aliphatic heterocycles. The van der Waals surface area contributed by atoms with E-state index in [4.69, 9.17) is 4.98 Å². The van der Waals surface area contributed by atoms with Crippen molar-refractivity contribution in [1.82, 2.24) is 4.98 Å². The molecular formula is C13H20N2.